The number of aromatic amines is 2. The molecule has 8 nitrogen and oxygen atoms in total. The normalized spacial score (nSPS) is 10.2. The van der Waals surface area contributed by atoms with Crippen LogP contribution in [0, 0.1) is 9.54 Å². The molecular weight excluding hydrogens is 504 g/mol. The highest BCUT2D eigenvalue weighted by Gasteiger charge is 1.98. The van der Waals surface area contributed by atoms with E-state index in [1.54, 1.807) is 9.36 Å². The fraction of sp³-hybridized carbons (Fsp3) is 0. The average Bonchev–Trinajstić information content (AvgIpc) is 3.25. The summed E-state index contributed by atoms with van der Waals surface area (Å²) in [5, 5.41) is 19.9. The minimum Gasteiger partial charge on any atom is -0.210 e. The van der Waals surface area contributed by atoms with Crippen LogP contribution in [0.2, 0.25) is 0 Å². The number of tetrazole rings is 2. The zero-order valence-corrected chi connectivity index (χ0v) is 17.7. The predicted molar refractivity (Wildman–Crippen MR) is 108 cm³/mol. The maximum Gasteiger partial charge on any atom is 0.242 e. The summed E-state index contributed by atoms with van der Waals surface area (Å²) in [6.45, 7) is 0. The van der Waals surface area contributed by atoms with Gasteiger partial charge in [-0.25, -0.2) is 9.36 Å². The zero-order chi connectivity index (χ0) is 18.5. The van der Waals surface area contributed by atoms with E-state index in [0.29, 0.717) is 9.54 Å². The lowest BCUT2D eigenvalue weighted by molar-refractivity contribution is 0.786. The van der Waals surface area contributed by atoms with E-state index in [2.05, 4.69) is 62.9 Å². The van der Waals surface area contributed by atoms with Crippen LogP contribution < -0.4 is 0 Å². The first-order chi connectivity index (χ1) is 12.5. The van der Waals surface area contributed by atoms with Gasteiger partial charge in [0.15, 0.2) is 0 Å². The van der Waals surface area contributed by atoms with E-state index in [-0.39, 0.29) is 0 Å². The van der Waals surface area contributed by atoms with Crippen molar-refractivity contribution < 1.29 is 0 Å². The minimum absolute atomic E-state index is 0.419. The third kappa shape index (κ3) is 4.58. The maximum absolute atomic E-state index is 4.95. The van der Waals surface area contributed by atoms with Crippen LogP contribution >= 0.6 is 56.3 Å². The van der Waals surface area contributed by atoms with Crippen LogP contribution in [0.3, 0.4) is 0 Å². The number of rotatable bonds is 2. The Bertz CT molecular complexity index is 1010. The number of hydrogen-bond acceptors (Lipinski definition) is 6. The Kier molecular flexibility index (Phi) is 6.19. The van der Waals surface area contributed by atoms with Gasteiger partial charge >= 0.3 is 0 Å². The van der Waals surface area contributed by atoms with Crippen LogP contribution in [0.5, 0.6) is 0 Å². The molecule has 0 unspecified atom stereocenters. The second kappa shape index (κ2) is 8.58. The SMILES string of the molecule is S=c1nn[nH]n1-c1ccc(Br)cc1.S=c1nn[nH]n1-c1ccc(Br)cc1. The molecule has 0 saturated carbocycles. The molecule has 2 aromatic carbocycles. The third-order valence-electron chi connectivity index (χ3n) is 3.11. The van der Waals surface area contributed by atoms with E-state index in [9.17, 15) is 0 Å². The summed E-state index contributed by atoms with van der Waals surface area (Å²) < 4.78 is 6.14. The Hall–Kier alpha value is -2.02. The molecule has 0 amide bonds. The van der Waals surface area contributed by atoms with Gasteiger partial charge in [0.25, 0.3) is 0 Å². The van der Waals surface area contributed by atoms with Gasteiger partial charge in [-0.1, -0.05) is 52.5 Å². The van der Waals surface area contributed by atoms with Gasteiger partial charge in [0, 0.05) is 8.95 Å². The molecule has 2 heterocycles. The number of hydrogen-bond donors (Lipinski definition) is 2. The number of aromatic nitrogens is 8. The van der Waals surface area contributed by atoms with E-state index in [0.717, 1.165) is 20.3 Å². The molecule has 0 radical (unpaired) electrons. The van der Waals surface area contributed by atoms with Gasteiger partial charge < -0.3 is 0 Å². The lowest BCUT2D eigenvalue weighted by Crippen LogP contribution is -1.95. The van der Waals surface area contributed by atoms with Crippen LogP contribution in [0.4, 0.5) is 0 Å². The smallest absolute Gasteiger partial charge is 0.210 e. The van der Waals surface area contributed by atoms with E-state index < -0.39 is 0 Å². The standard InChI is InChI=1S/2C7H5BrN4S/c2*8-5-1-3-6(4-2-5)12-7(13)9-10-11-12/h2*1-4H,(H,9,11,13). The van der Waals surface area contributed by atoms with Gasteiger partial charge in [0.2, 0.25) is 9.54 Å². The molecule has 132 valence electrons. The molecule has 2 N–H and O–H groups in total. The monoisotopic (exact) mass is 512 g/mol. The molecule has 0 aliphatic heterocycles. The Balaban J connectivity index is 0.000000151. The van der Waals surface area contributed by atoms with E-state index in [1.165, 1.54) is 0 Å². The molecule has 12 heteroatoms. The fourth-order valence-corrected chi connectivity index (χ4v) is 2.81. The van der Waals surface area contributed by atoms with Crippen molar-refractivity contribution in [1.82, 2.24) is 40.4 Å². The van der Waals surface area contributed by atoms with Gasteiger partial charge in [-0.2, -0.15) is 10.4 Å². The Morgan fingerprint density at radius 2 is 1.00 bits per heavy atom. The molecule has 0 bridgehead atoms. The van der Waals surface area contributed by atoms with E-state index in [4.69, 9.17) is 24.4 Å². The molecule has 4 aromatic rings. The zero-order valence-electron chi connectivity index (χ0n) is 12.9. The maximum atomic E-state index is 4.95. The van der Waals surface area contributed by atoms with Crippen molar-refractivity contribution in [2.45, 2.75) is 0 Å². The number of H-pyrrole nitrogens is 2. The molecular formula is C14H10Br2N8S2. The van der Waals surface area contributed by atoms with Crippen molar-refractivity contribution in [2.24, 2.45) is 0 Å². The van der Waals surface area contributed by atoms with Crippen molar-refractivity contribution in [3.8, 4) is 11.4 Å². The van der Waals surface area contributed by atoms with Crippen LogP contribution in [-0.4, -0.2) is 40.4 Å². The summed E-state index contributed by atoms with van der Waals surface area (Å²) in [5.74, 6) is 0. The average molecular weight is 514 g/mol. The quantitative estimate of drug-likeness (QED) is 0.391. The van der Waals surface area contributed by atoms with Crippen LogP contribution in [0.1, 0.15) is 0 Å². The highest BCUT2D eigenvalue weighted by atomic mass is 79.9. The summed E-state index contributed by atoms with van der Waals surface area (Å²) in [4.78, 5) is 0. The van der Waals surface area contributed by atoms with Crippen molar-refractivity contribution in [1.29, 1.82) is 0 Å². The van der Waals surface area contributed by atoms with Crippen LogP contribution in [-0.2, 0) is 0 Å². The predicted octanol–water partition coefficient (Wildman–Crippen LogP) is 4.17. The molecule has 4 rings (SSSR count). The molecule has 0 atom stereocenters. The number of benzene rings is 2. The number of nitrogens with zero attached hydrogens (tertiary/aromatic N) is 6. The molecule has 0 fully saturated rings. The first-order valence-corrected chi connectivity index (χ1v) is 9.47. The van der Waals surface area contributed by atoms with Crippen molar-refractivity contribution in [3.63, 3.8) is 0 Å². The molecule has 2 aromatic heterocycles. The van der Waals surface area contributed by atoms with Crippen LogP contribution in [0.25, 0.3) is 11.4 Å². The number of nitrogens with one attached hydrogen (secondary N) is 2. The van der Waals surface area contributed by atoms with Gasteiger partial charge in [-0.05, 0) is 73.0 Å². The molecule has 0 aliphatic rings. The Morgan fingerprint density at radius 3 is 1.27 bits per heavy atom. The lowest BCUT2D eigenvalue weighted by atomic mass is 10.3. The third-order valence-corrected chi connectivity index (χ3v) is 4.70. The van der Waals surface area contributed by atoms with Gasteiger partial charge in [0.05, 0.1) is 11.4 Å². The Labute approximate surface area is 174 Å². The van der Waals surface area contributed by atoms with E-state index >= 15 is 0 Å². The van der Waals surface area contributed by atoms with Gasteiger partial charge in [-0.15, -0.1) is 0 Å². The summed E-state index contributed by atoms with van der Waals surface area (Å²) in [6.07, 6.45) is 0. The fourth-order valence-electron chi connectivity index (χ4n) is 1.91. The van der Waals surface area contributed by atoms with E-state index in [1.807, 2.05) is 48.5 Å². The highest BCUT2D eigenvalue weighted by Crippen LogP contribution is 2.13. The van der Waals surface area contributed by atoms with Crippen molar-refractivity contribution in [2.75, 3.05) is 0 Å². The second-order valence-corrected chi connectivity index (χ2v) is 7.35. The highest BCUT2D eigenvalue weighted by molar-refractivity contribution is 9.10. The van der Waals surface area contributed by atoms with Crippen LogP contribution in [0.15, 0.2) is 57.5 Å². The second-order valence-electron chi connectivity index (χ2n) is 4.79. The molecule has 0 spiro atoms. The minimum atomic E-state index is 0.419. The largest absolute Gasteiger partial charge is 0.242 e. The Morgan fingerprint density at radius 1 is 0.654 bits per heavy atom. The first-order valence-electron chi connectivity index (χ1n) is 7.07. The van der Waals surface area contributed by atoms with Gasteiger partial charge in [0.1, 0.15) is 0 Å². The van der Waals surface area contributed by atoms with Crippen molar-refractivity contribution in [3.05, 3.63) is 67.0 Å². The summed E-state index contributed by atoms with van der Waals surface area (Å²) in [5.41, 5.74) is 1.83. The topological polar surface area (TPSA) is 93.0 Å². The lowest BCUT2D eigenvalue weighted by Gasteiger charge is -1.99. The summed E-state index contributed by atoms with van der Waals surface area (Å²) >= 11 is 16.6. The number of halogens is 2. The first kappa shape index (κ1) is 18.8. The van der Waals surface area contributed by atoms with Gasteiger partial charge in [-0.3, -0.25) is 0 Å². The molecule has 26 heavy (non-hydrogen) atoms. The molecule has 0 saturated heterocycles. The molecule has 0 aliphatic carbocycles. The van der Waals surface area contributed by atoms with Crippen molar-refractivity contribution >= 4 is 56.3 Å². The summed E-state index contributed by atoms with van der Waals surface area (Å²) in [7, 11) is 0. The summed E-state index contributed by atoms with van der Waals surface area (Å²) in [6, 6.07) is 15.4.